The van der Waals surface area contributed by atoms with Crippen molar-refractivity contribution in [2.45, 2.75) is 48.5 Å². The van der Waals surface area contributed by atoms with Crippen molar-refractivity contribution >= 4 is 5.71 Å². The SMILES string of the molecule is C=CC(=N/C(=C\C)C(C)(C)C)C(C)(C)C. The van der Waals surface area contributed by atoms with Gasteiger partial charge in [0.1, 0.15) is 0 Å². The molecule has 0 aliphatic heterocycles. The highest BCUT2D eigenvalue weighted by atomic mass is 14.8. The van der Waals surface area contributed by atoms with Crippen LogP contribution >= 0.6 is 0 Å². The van der Waals surface area contributed by atoms with Crippen molar-refractivity contribution in [3.8, 4) is 0 Å². The lowest BCUT2D eigenvalue weighted by atomic mass is 9.88. The summed E-state index contributed by atoms with van der Waals surface area (Å²) in [7, 11) is 0. The summed E-state index contributed by atoms with van der Waals surface area (Å²) in [6, 6.07) is 0. The Morgan fingerprint density at radius 2 is 1.47 bits per heavy atom. The van der Waals surface area contributed by atoms with Crippen molar-refractivity contribution in [2.75, 3.05) is 0 Å². The number of hydrogen-bond acceptors (Lipinski definition) is 1. The Hall–Kier alpha value is -0.850. The molecule has 0 spiro atoms. The predicted molar refractivity (Wildman–Crippen MR) is 70.3 cm³/mol. The number of hydrogen-bond donors (Lipinski definition) is 0. The standard InChI is InChI=1S/C14H25N/c1-9-11(13(3,4)5)15-12(10-2)14(6,7)8/h9-10H,1H2,2-8H3/b12-10-,15-11?. The minimum absolute atomic E-state index is 0.0568. The summed E-state index contributed by atoms with van der Waals surface area (Å²) < 4.78 is 0. The number of allylic oxidation sites excluding steroid dienone is 3. The summed E-state index contributed by atoms with van der Waals surface area (Å²) in [5.74, 6) is 0. The van der Waals surface area contributed by atoms with Crippen LogP contribution in [0.25, 0.3) is 0 Å². The fraction of sp³-hybridized carbons (Fsp3) is 0.643. The molecule has 0 saturated carbocycles. The third-order valence-corrected chi connectivity index (χ3v) is 2.24. The normalized spacial score (nSPS) is 15.4. The van der Waals surface area contributed by atoms with E-state index in [-0.39, 0.29) is 10.8 Å². The average molecular weight is 207 g/mol. The number of rotatable bonds is 2. The lowest BCUT2D eigenvalue weighted by Crippen LogP contribution is -2.20. The van der Waals surface area contributed by atoms with Gasteiger partial charge in [0.25, 0.3) is 0 Å². The van der Waals surface area contributed by atoms with Gasteiger partial charge in [0.2, 0.25) is 0 Å². The Morgan fingerprint density at radius 1 is 1.00 bits per heavy atom. The molecular weight excluding hydrogens is 182 g/mol. The minimum Gasteiger partial charge on any atom is -0.257 e. The molecule has 1 nitrogen and oxygen atoms in total. The van der Waals surface area contributed by atoms with Crippen LogP contribution < -0.4 is 0 Å². The van der Waals surface area contributed by atoms with Gasteiger partial charge in [-0.3, -0.25) is 4.99 Å². The highest BCUT2D eigenvalue weighted by molar-refractivity contribution is 5.99. The van der Waals surface area contributed by atoms with Gasteiger partial charge in [-0.2, -0.15) is 0 Å². The van der Waals surface area contributed by atoms with Crippen LogP contribution in [0.1, 0.15) is 48.5 Å². The van der Waals surface area contributed by atoms with Crippen LogP contribution in [0.2, 0.25) is 0 Å². The van der Waals surface area contributed by atoms with E-state index in [0.29, 0.717) is 0 Å². The molecule has 0 aliphatic carbocycles. The number of nitrogens with zero attached hydrogens (tertiary/aromatic N) is 1. The minimum atomic E-state index is 0.0568. The van der Waals surface area contributed by atoms with Crippen molar-refractivity contribution in [2.24, 2.45) is 15.8 Å². The van der Waals surface area contributed by atoms with E-state index in [1.165, 1.54) is 0 Å². The molecule has 0 aliphatic rings. The van der Waals surface area contributed by atoms with Crippen molar-refractivity contribution in [1.82, 2.24) is 0 Å². The molecule has 0 rings (SSSR count). The molecule has 0 amide bonds. The van der Waals surface area contributed by atoms with Crippen LogP contribution in [0.5, 0.6) is 0 Å². The van der Waals surface area contributed by atoms with Crippen LogP contribution in [0.3, 0.4) is 0 Å². The Bertz CT molecular complexity index is 279. The third kappa shape index (κ3) is 4.46. The van der Waals surface area contributed by atoms with Crippen molar-refractivity contribution < 1.29 is 0 Å². The van der Waals surface area contributed by atoms with Gasteiger partial charge in [0.15, 0.2) is 0 Å². The van der Waals surface area contributed by atoms with Crippen LogP contribution in [0, 0.1) is 10.8 Å². The molecule has 0 atom stereocenters. The van der Waals surface area contributed by atoms with E-state index in [1.807, 2.05) is 13.0 Å². The van der Waals surface area contributed by atoms with Gasteiger partial charge in [-0.1, -0.05) is 54.2 Å². The maximum absolute atomic E-state index is 4.72. The lowest BCUT2D eigenvalue weighted by molar-refractivity contribution is 0.493. The maximum Gasteiger partial charge on any atom is 0.0454 e. The first-order valence-electron chi connectivity index (χ1n) is 5.51. The zero-order valence-corrected chi connectivity index (χ0v) is 11.3. The molecule has 0 aromatic heterocycles. The molecule has 0 heterocycles. The molecule has 86 valence electrons. The molecule has 0 unspecified atom stereocenters. The van der Waals surface area contributed by atoms with E-state index in [2.05, 4.69) is 54.2 Å². The molecule has 0 bridgehead atoms. The Labute approximate surface area is 95.0 Å². The number of aliphatic imine (C=N–C) groups is 1. The van der Waals surface area contributed by atoms with Gasteiger partial charge in [-0.05, 0) is 13.0 Å². The van der Waals surface area contributed by atoms with Crippen LogP contribution in [0.4, 0.5) is 0 Å². The van der Waals surface area contributed by atoms with E-state index in [9.17, 15) is 0 Å². The van der Waals surface area contributed by atoms with Crippen molar-refractivity contribution in [3.63, 3.8) is 0 Å². The highest BCUT2D eigenvalue weighted by Gasteiger charge is 2.20. The van der Waals surface area contributed by atoms with Gasteiger partial charge in [0.05, 0.1) is 0 Å². The maximum atomic E-state index is 4.72. The summed E-state index contributed by atoms with van der Waals surface area (Å²) in [6.07, 6.45) is 3.93. The molecule has 0 aromatic carbocycles. The lowest BCUT2D eigenvalue weighted by Gasteiger charge is -2.24. The summed E-state index contributed by atoms with van der Waals surface area (Å²) >= 11 is 0. The highest BCUT2D eigenvalue weighted by Crippen LogP contribution is 2.28. The zero-order valence-electron chi connectivity index (χ0n) is 11.3. The molecule has 1 heteroatoms. The third-order valence-electron chi connectivity index (χ3n) is 2.24. The fourth-order valence-corrected chi connectivity index (χ4v) is 1.31. The summed E-state index contributed by atoms with van der Waals surface area (Å²) in [4.78, 5) is 4.72. The van der Waals surface area contributed by atoms with E-state index < -0.39 is 0 Å². The molecular formula is C14H25N. The van der Waals surface area contributed by atoms with Crippen LogP contribution in [-0.4, -0.2) is 5.71 Å². The van der Waals surface area contributed by atoms with E-state index in [4.69, 9.17) is 4.99 Å². The van der Waals surface area contributed by atoms with Crippen molar-refractivity contribution in [3.05, 3.63) is 24.4 Å². The second kappa shape index (κ2) is 4.78. The Balaban J connectivity index is 5.26. The molecule has 15 heavy (non-hydrogen) atoms. The van der Waals surface area contributed by atoms with Crippen LogP contribution in [0.15, 0.2) is 29.4 Å². The topological polar surface area (TPSA) is 12.4 Å². The Morgan fingerprint density at radius 3 is 1.67 bits per heavy atom. The first kappa shape index (κ1) is 14.2. The van der Waals surface area contributed by atoms with Gasteiger partial charge >= 0.3 is 0 Å². The smallest absolute Gasteiger partial charge is 0.0454 e. The average Bonchev–Trinajstić information content (AvgIpc) is 2.01. The molecule has 0 aromatic rings. The summed E-state index contributed by atoms with van der Waals surface area (Å²) in [5.41, 5.74) is 2.31. The largest absolute Gasteiger partial charge is 0.257 e. The van der Waals surface area contributed by atoms with E-state index >= 15 is 0 Å². The van der Waals surface area contributed by atoms with E-state index in [0.717, 1.165) is 11.4 Å². The van der Waals surface area contributed by atoms with Gasteiger partial charge < -0.3 is 0 Å². The molecule has 0 N–H and O–H groups in total. The quantitative estimate of drug-likeness (QED) is 0.586. The summed E-state index contributed by atoms with van der Waals surface area (Å²) in [5, 5.41) is 0. The van der Waals surface area contributed by atoms with Crippen LogP contribution in [-0.2, 0) is 0 Å². The first-order chi connectivity index (χ1) is 6.62. The first-order valence-corrected chi connectivity index (χ1v) is 5.51. The fourth-order valence-electron chi connectivity index (χ4n) is 1.31. The van der Waals surface area contributed by atoms with Gasteiger partial charge in [0, 0.05) is 22.2 Å². The second-order valence-electron chi connectivity index (χ2n) is 5.88. The van der Waals surface area contributed by atoms with E-state index in [1.54, 1.807) is 0 Å². The zero-order chi connectivity index (χ0) is 12.3. The van der Waals surface area contributed by atoms with Crippen molar-refractivity contribution in [1.29, 1.82) is 0 Å². The summed E-state index contributed by atoms with van der Waals surface area (Å²) in [6.45, 7) is 18.9. The predicted octanol–water partition coefficient (Wildman–Crippen LogP) is 4.61. The monoisotopic (exact) mass is 207 g/mol. The molecule has 0 fully saturated rings. The van der Waals surface area contributed by atoms with Gasteiger partial charge in [-0.15, -0.1) is 0 Å². The second-order valence-corrected chi connectivity index (χ2v) is 5.88. The Kier molecular flexibility index (Phi) is 4.51. The van der Waals surface area contributed by atoms with Gasteiger partial charge in [-0.25, -0.2) is 0 Å². The molecule has 0 saturated heterocycles. The molecule has 0 radical (unpaired) electrons.